The summed E-state index contributed by atoms with van der Waals surface area (Å²) in [4.78, 5) is 17.6. The van der Waals surface area contributed by atoms with Gasteiger partial charge in [-0.2, -0.15) is 4.98 Å². The Morgan fingerprint density at radius 1 is 1.72 bits per heavy atom. The first kappa shape index (κ1) is 14.0. The maximum Gasteiger partial charge on any atom is 0.329 e. The Balaban J connectivity index is 2.99. The maximum absolute atomic E-state index is 10.8. The fourth-order valence-electron chi connectivity index (χ4n) is 1.22. The molecule has 0 amide bonds. The Morgan fingerprint density at radius 2 is 2.44 bits per heavy atom. The number of anilines is 2. The van der Waals surface area contributed by atoms with Crippen LogP contribution in [-0.4, -0.2) is 46.4 Å². The highest BCUT2D eigenvalue weighted by molar-refractivity contribution is 5.57. The molecule has 0 spiro atoms. The van der Waals surface area contributed by atoms with Gasteiger partial charge in [0.25, 0.3) is 0 Å². The predicted molar refractivity (Wildman–Crippen MR) is 62.9 cm³/mol. The first-order valence-electron chi connectivity index (χ1n) is 4.96. The number of nitrogens with zero attached hydrogens (tertiary/aromatic N) is 3. The number of nitrogens with two attached hydrogens (primary N) is 1. The molecule has 1 heterocycles. The molecule has 10 heteroatoms. The van der Waals surface area contributed by atoms with Gasteiger partial charge in [-0.15, -0.1) is 0 Å². The van der Waals surface area contributed by atoms with Crippen LogP contribution in [0.15, 0.2) is 6.20 Å². The second kappa shape index (κ2) is 6.64. The summed E-state index contributed by atoms with van der Waals surface area (Å²) < 4.78 is 4.85. The van der Waals surface area contributed by atoms with Gasteiger partial charge in [0, 0.05) is 7.11 Å². The smallest absolute Gasteiger partial charge is 0.329 e. The van der Waals surface area contributed by atoms with E-state index in [1.165, 1.54) is 7.11 Å². The lowest BCUT2D eigenvalue weighted by atomic mass is 10.3. The monoisotopic (exact) mass is 258 g/mol. The Kier molecular flexibility index (Phi) is 5.17. The molecule has 18 heavy (non-hydrogen) atoms. The number of nitrogen functional groups attached to an aromatic ring is 1. The molecule has 0 saturated carbocycles. The molecule has 0 radical (unpaired) electrons. The number of hydrogen-bond acceptors (Lipinski definition) is 9. The Labute approximate surface area is 102 Å². The topological polar surface area (TPSA) is 148 Å². The Morgan fingerprint density at radius 3 is 2.94 bits per heavy atom. The van der Waals surface area contributed by atoms with E-state index in [1.807, 2.05) is 0 Å². The van der Waals surface area contributed by atoms with E-state index in [4.69, 9.17) is 15.7 Å². The molecule has 1 unspecified atom stereocenters. The zero-order valence-electron chi connectivity index (χ0n) is 9.66. The number of methoxy groups -OCH3 is 1. The first-order valence-corrected chi connectivity index (χ1v) is 4.96. The quantitative estimate of drug-likeness (QED) is 0.277. The van der Waals surface area contributed by atoms with E-state index < -0.39 is 11.0 Å². The molecule has 5 N–H and O–H groups in total. The van der Waals surface area contributed by atoms with Crippen LogP contribution in [0.25, 0.3) is 0 Å². The fraction of sp³-hybridized carbons (Fsp3) is 0.500. The molecule has 0 aliphatic carbocycles. The van der Waals surface area contributed by atoms with Gasteiger partial charge < -0.3 is 15.2 Å². The van der Waals surface area contributed by atoms with Gasteiger partial charge >= 0.3 is 5.69 Å². The summed E-state index contributed by atoms with van der Waals surface area (Å²) in [5.41, 5.74) is 1.86. The van der Waals surface area contributed by atoms with E-state index in [9.17, 15) is 10.1 Å². The fourth-order valence-corrected chi connectivity index (χ4v) is 1.22. The number of ether oxygens (including phenoxy) is 1. The van der Waals surface area contributed by atoms with Crippen molar-refractivity contribution in [2.75, 3.05) is 31.1 Å². The van der Waals surface area contributed by atoms with Crippen molar-refractivity contribution in [1.82, 2.24) is 9.97 Å². The average molecular weight is 258 g/mol. The van der Waals surface area contributed by atoms with Gasteiger partial charge in [0.1, 0.15) is 6.20 Å². The number of aromatic nitrogens is 2. The minimum absolute atomic E-state index is 0.0252. The highest BCUT2D eigenvalue weighted by Gasteiger charge is 2.20. The van der Waals surface area contributed by atoms with Crippen molar-refractivity contribution in [1.29, 1.82) is 0 Å². The van der Waals surface area contributed by atoms with Crippen molar-refractivity contribution >= 4 is 17.5 Å². The normalized spacial score (nSPS) is 11.9. The third-order valence-electron chi connectivity index (χ3n) is 2.02. The highest BCUT2D eigenvalue weighted by atomic mass is 16.6. The van der Waals surface area contributed by atoms with Crippen molar-refractivity contribution in [3.63, 3.8) is 0 Å². The molecular weight excluding hydrogens is 244 g/mol. The molecule has 0 aromatic carbocycles. The van der Waals surface area contributed by atoms with Crippen LogP contribution in [0, 0.1) is 10.1 Å². The van der Waals surface area contributed by atoms with E-state index in [1.54, 1.807) is 0 Å². The van der Waals surface area contributed by atoms with Crippen LogP contribution < -0.4 is 16.6 Å². The van der Waals surface area contributed by atoms with E-state index in [2.05, 4.69) is 20.7 Å². The molecule has 0 aliphatic heterocycles. The van der Waals surface area contributed by atoms with Crippen LogP contribution in [0.5, 0.6) is 0 Å². The van der Waals surface area contributed by atoms with Gasteiger partial charge in [-0.3, -0.25) is 15.5 Å². The van der Waals surface area contributed by atoms with E-state index in [-0.39, 0.29) is 30.7 Å². The number of nitrogens with one attached hydrogen (secondary N) is 2. The number of aliphatic hydroxyl groups excluding tert-OH is 1. The van der Waals surface area contributed by atoms with Crippen LogP contribution >= 0.6 is 0 Å². The van der Waals surface area contributed by atoms with Crippen LogP contribution in [0.4, 0.5) is 17.5 Å². The summed E-state index contributed by atoms with van der Waals surface area (Å²) in [6.45, 7) is -0.0938. The lowest BCUT2D eigenvalue weighted by molar-refractivity contribution is -0.384. The van der Waals surface area contributed by atoms with Crippen LogP contribution in [0.3, 0.4) is 0 Å². The standard InChI is InChI=1S/C8H14N6O4/c1-18-4-5(3-15)11-7-6(14(16)17)2-10-8(12-7)13-9/h2,5,15H,3-4,9H2,1H3,(H2,10,11,12,13). The number of nitro groups is 1. The highest BCUT2D eigenvalue weighted by Crippen LogP contribution is 2.22. The van der Waals surface area contributed by atoms with Crippen LogP contribution in [0.1, 0.15) is 0 Å². The van der Waals surface area contributed by atoms with Crippen molar-refractivity contribution in [2.45, 2.75) is 6.04 Å². The minimum Gasteiger partial charge on any atom is -0.394 e. The number of aliphatic hydroxyl groups is 1. The zero-order chi connectivity index (χ0) is 13.5. The summed E-state index contributed by atoms with van der Waals surface area (Å²) in [5.74, 6) is 5.10. The van der Waals surface area contributed by atoms with Crippen molar-refractivity contribution < 1.29 is 14.8 Å². The average Bonchev–Trinajstić information content (AvgIpc) is 2.37. The lowest BCUT2D eigenvalue weighted by Gasteiger charge is -2.15. The summed E-state index contributed by atoms with van der Waals surface area (Å²) in [6.07, 6.45) is 1.02. The molecule has 1 rings (SSSR count). The third-order valence-corrected chi connectivity index (χ3v) is 2.02. The molecule has 1 aromatic heterocycles. The number of hydrazine groups is 1. The molecule has 0 bridgehead atoms. The summed E-state index contributed by atoms with van der Waals surface area (Å²) in [7, 11) is 1.45. The van der Waals surface area contributed by atoms with Crippen LogP contribution in [0.2, 0.25) is 0 Å². The van der Waals surface area contributed by atoms with E-state index >= 15 is 0 Å². The van der Waals surface area contributed by atoms with Crippen LogP contribution in [-0.2, 0) is 4.74 Å². The summed E-state index contributed by atoms with van der Waals surface area (Å²) in [5, 5.41) is 22.6. The first-order chi connectivity index (χ1) is 8.62. The lowest BCUT2D eigenvalue weighted by Crippen LogP contribution is -2.29. The molecule has 1 aromatic rings. The largest absolute Gasteiger partial charge is 0.394 e. The van der Waals surface area contributed by atoms with Crippen molar-refractivity contribution in [3.05, 3.63) is 16.3 Å². The minimum atomic E-state index is -0.635. The van der Waals surface area contributed by atoms with Crippen molar-refractivity contribution in [2.24, 2.45) is 5.84 Å². The molecule has 0 fully saturated rings. The molecule has 0 aliphatic rings. The maximum atomic E-state index is 10.8. The Hall–Kier alpha value is -2.04. The number of rotatable bonds is 7. The Bertz CT molecular complexity index is 415. The summed E-state index contributed by atoms with van der Waals surface area (Å²) >= 11 is 0. The predicted octanol–water partition coefficient (Wildman–Crippen LogP) is -0.910. The SMILES string of the molecule is COCC(CO)Nc1nc(NN)ncc1[N+](=O)[O-]. The van der Waals surface area contributed by atoms with Gasteiger partial charge in [-0.05, 0) is 0 Å². The van der Waals surface area contributed by atoms with Crippen molar-refractivity contribution in [3.8, 4) is 0 Å². The van der Waals surface area contributed by atoms with E-state index in [0.717, 1.165) is 6.20 Å². The zero-order valence-corrected chi connectivity index (χ0v) is 9.66. The molecule has 0 saturated heterocycles. The van der Waals surface area contributed by atoms with Gasteiger partial charge in [0.05, 0.1) is 24.2 Å². The van der Waals surface area contributed by atoms with Gasteiger partial charge in [0.15, 0.2) is 0 Å². The second-order valence-electron chi connectivity index (χ2n) is 3.31. The summed E-state index contributed by atoms with van der Waals surface area (Å²) in [6, 6.07) is -0.519. The molecule has 100 valence electrons. The third kappa shape index (κ3) is 3.48. The van der Waals surface area contributed by atoms with Gasteiger partial charge in [-0.25, -0.2) is 10.8 Å². The van der Waals surface area contributed by atoms with E-state index in [0.29, 0.717) is 0 Å². The number of hydrogen-bond donors (Lipinski definition) is 4. The molecule has 1 atom stereocenters. The van der Waals surface area contributed by atoms with Gasteiger partial charge in [0.2, 0.25) is 11.8 Å². The molecular formula is C8H14N6O4. The second-order valence-corrected chi connectivity index (χ2v) is 3.31. The van der Waals surface area contributed by atoms with Gasteiger partial charge in [-0.1, -0.05) is 0 Å². The molecule has 10 nitrogen and oxygen atoms in total.